The normalized spacial score (nSPS) is 28.3. The first-order valence-electron chi connectivity index (χ1n) is 3.64. The van der Waals surface area contributed by atoms with E-state index in [2.05, 4.69) is 11.9 Å². The minimum absolute atomic E-state index is 0.218. The third-order valence-electron chi connectivity index (χ3n) is 1.91. The van der Waals surface area contributed by atoms with E-state index in [1.54, 1.807) is 0 Å². The molecule has 0 bridgehead atoms. The van der Waals surface area contributed by atoms with Gasteiger partial charge in [-0.25, -0.2) is 0 Å². The molecule has 2 aliphatic rings. The Morgan fingerprint density at radius 1 is 1.70 bits per heavy atom. The van der Waals surface area contributed by atoms with Crippen molar-refractivity contribution in [3.63, 3.8) is 0 Å². The highest BCUT2D eigenvalue weighted by Crippen LogP contribution is 2.34. The fraction of sp³-hybridized carbons (Fsp3) is 0.857. The van der Waals surface area contributed by atoms with Crippen LogP contribution in [0.3, 0.4) is 0 Å². The van der Waals surface area contributed by atoms with Gasteiger partial charge in [0.25, 0.3) is 0 Å². The van der Waals surface area contributed by atoms with E-state index in [1.807, 2.05) is 11.8 Å². The number of ether oxygens (including phenoxy) is 1. The molecule has 0 N–H and O–H groups in total. The lowest BCUT2D eigenvalue weighted by molar-refractivity contribution is -0.0379. The maximum atomic E-state index is 5.13. The van der Waals surface area contributed by atoms with Crippen LogP contribution in [-0.2, 0) is 4.74 Å². The van der Waals surface area contributed by atoms with E-state index in [4.69, 9.17) is 4.74 Å². The largest absolute Gasteiger partial charge is 0.376 e. The summed E-state index contributed by atoms with van der Waals surface area (Å²) in [6, 6.07) is 0. The van der Waals surface area contributed by atoms with Crippen LogP contribution in [0.4, 0.5) is 0 Å². The molecular formula is C7H11NOS. The average molecular weight is 157 g/mol. The number of rotatable bonds is 1. The topological polar surface area (TPSA) is 21.6 Å². The minimum Gasteiger partial charge on any atom is -0.376 e. The van der Waals surface area contributed by atoms with Crippen molar-refractivity contribution in [2.45, 2.75) is 18.9 Å². The predicted octanol–water partition coefficient (Wildman–Crippen LogP) is 1.31. The number of thioether (sulfide) groups is 1. The highest BCUT2D eigenvalue weighted by molar-refractivity contribution is 8.14. The molecule has 2 heterocycles. The monoisotopic (exact) mass is 157 g/mol. The van der Waals surface area contributed by atoms with E-state index in [1.165, 1.54) is 5.04 Å². The molecule has 3 heteroatoms. The molecule has 56 valence electrons. The summed E-state index contributed by atoms with van der Waals surface area (Å²) >= 11 is 1.90. The van der Waals surface area contributed by atoms with Crippen molar-refractivity contribution >= 4 is 16.8 Å². The molecular weight excluding hydrogens is 146 g/mol. The minimum atomic E-state index is 0.218. The fourth-order valence-corrected chi connectivity index (χ4v) is 2.34. The van der Waals surface area contributed by atoms with Crippen LogP contribution in [0.2, 0.25) is 0 Å². The quantitative estimate of drug-likeness (QED) is 0.572. The molecule has 0 aliphatic carbocycles. The summed E-state index contributed by atoms with van der Waals surface area (Å²) in [5.74, 6) is 1.15. The molecule has 0 aromatic rings. The Morgan fingerprint density at radius 3 is 2.80 bits per heavy atom. The van der Waals surface area contributed by atoms with Gasteiger partial charge in [-0.1, -0.05) is 6.92 Å². The Kier molecular flexibility index (Phi) is 1.49. The highest BCUT2D eigenvalue weighted by atomic mass is 32.2. The molecule has 2 rings (SSSR count). The smallest absolute Gasteiger partial charge is 0.117 e. The summed E-state index contributed by atoms with van der Waals surface area (Å²) < 4.78 is 5.13. The van der Waals surface area contributed by atoms with Gasteiger partial charge < -0.3 is 4.74 Å². The maximum Gasteiger partial charge on any atom is 0.117 e. The summed E-state index contributed by atoms with van der Waals surface area (Å²) in [7, 11) is 0. The van der Waals surface area contributed by atoms with Crippen molar-refractivity contribution in [2.75, 3.05) is 19.0 Å². The molecule has 0 atom stereocenters. The van der Waals surface area contributed by atoms with Gasteiger partial charge in [-0.3, -0.25) is 4.99 Å². The van der Waals surface area contributed by atoms with Crippen LogP contribution >= 0.6 is 11.8 Å². The predicted molar refractivity (Wildman–Crippen MR) is 43.7 cm³/mol. The zero-order valence-corrected chi connectivity index (χ0v) is 6.91. The van der Waals surface area contributed by atoms with Gasteiger partial charge in [0.15, 0.2) is 0 Å². The molecule has 1 spiro atoms. The van der Waals surface area contributed by atoms with Crippen molar-refractivity contribution < 1.29 is 4.74 Å². The van der Waals surface area contributed by atoms with Crippen LogP contribution in [0.25, 0.3) is 0 Å². The van der Waals surface area contributed by atoms with Crippen LogP contribution in [0.15, 0.2) is 4.99 Å². The Balaban J connectivity index is 2.08. The Hall–Kier alpha value is -0.0200. The van der Waals surface area contributed by atoms with Crippen molar-refractivity contribution in [1.29, 1.82) is 0 Å². The molecule has 1 saturated heterocycles. The second kappa shape index (κ2) is 2.24. The number of aliphatic imine (C=N–C) groups is 1. The summed E-state index contributed by atoms with van der Waals surface area (Å²) in [5.41, 5.74) is 0.218. The van der Waals surface area contributed by atoms with Gasteiger partial charge in [0.2, 0.25) is 0 Å². The van der Waals surface area contributed by atoms with E-state index < -0.39 is 0 Å². The van der Waals surface area contributed by atoms with Crippen LogP contribution in [-0.4, -0.2) is 29.5 Å². The van der Waals surface area contributed by atoms with E-state index in [0.717, 1.165) is 25.4 Å². The van der Waals surface area contributed by atoms with Gasteiger partial charge in [0.05, 0.1) is 18.3 Å². The van der Waals surface area contributed by atoms with E-state index >= 15 is 0 Å². The Bertz CT molecular complexity index is 174. The first-order valence-corrected chi connectivity index (χ1v) is 4.62. The summed E-state index contributed by atoms with van der Waals surface area (Å²) in [5, 5.41) is 1.31. The lowest BCUT2D eigenvalue weighted by Gasteiger charge is -2.34. The van der Waals surface area contributed by atoms with Gasteiger partial charge in [-0.2, -0.15) is 0 Å². The van der Waals surface area contributed by atoms with E-state index in [0.29, 0.717) is 0 Å². The summed E-state index contributed by atoms with van der Waals surface area (Å²) in [6.07, 6.45) is 1.09. The summed E-state index contributed by atoms with van der Waals surface area (Å²) in [6.45, 7) is 3.86. The Labute approximate surface area is 65.0 Å². The molecule has 0 saturated carbocycles. The molecule has 1 fully saturated rings. The summed E-state index contributed by atoms with van der Waals surface area (Å²) in [4.78, 5) is 4.60. The standard InChI is InChI=1S/C7H11NOS/c1-2-6-8-7(5-10-6)3-9-4-7/h2-5H2,1H3. The number of hydrogen-bond donors (Lipinski definition) is 0. The van der Waals surface area contributed by atoms with Crippen molar-refractivity contribution in [2.24, 2.45) is 4.99 Å². The van der Waals surface area contributed by atoms with E-state index in [-0.39, 0.29) is 5.54 Å². The zero-order chi connectivity index (χ0) is 7.03. The van der Waals surface area contributed by atoms with Gasteiger partial charge in [-0.15, -0.1) is 11.8 Å². The molecule has 0 amide bonds. The lowest BCUT2D eigenvalue weighted by Crippen LogP contribution is -2.48. The third kappa shape index (κ3) is 0.883. The SMILES string of the molecule is CCC1=NC2(COC2)CS1. The van der Waals surface area contributed by atoms with Crippen molar-refractivity contribution in [3.8, 4) is 0 Å². The van der Waals surface area contributed by atoms with Gasteiger partial charge >= 0.3 is 0 Å². The second-order valence-electron chi connectivity index (χ2n) is 2.86. The molecule has 2 aliphatic heterocycles. The van der Waals surface area contributed by atoms with Gasteiger partial charge in [0.1, 0.15) is 5.54 Å². The van der Waals surface area contributed by atoms with Crippen LogP contribution in [0.1, 0.15) is 13.3 Å². The number of hydrogen-bond acceptors (Lipinski definition) is 3. The second-order valence-corrected chi connectivity index (χ2v) is 3.91. The maximum absolute atomic E-state index is 5.13. The average Bonchev–Trinajstić information content (AvgIpc) is 2.29. The lowest BCUT2D eigenvalue weighted by atomic mass is 10.0. The molecule has 0 aromatic carbocycles. The zero-order valence-electron chi connectivity index (χ0n) is 6.09. The molecule has 0 unspecified atom stereocenters. The van der Waals surface area contributed by atoms with Gasteiger partial charge in [-0.05, 0) is 6.42 Å². The van der Waals surface area contributed by atoms with Crippen LogP contribution in [0.5, 0.6) is 0 Å². The highest BCUT2D eigenvalue weighted by Gasteiger charge is 2.42. The first kappa shape index (κ1) is 6.68. The van der Waals surface area contributed by atoms with Crippen LogP contribution in [0, 0.1) is 0 Å². The molecule has 0 aromatic heterocycles. The third-order valence-corrected chi connectivity index (χ3v) is 3.31. The van der Waals surface area contributed by atoms with Crippen LogP contribution < -0.4 is 0 Å². The van der Waals surface area contributed by atoms with Gasteiger partial charge in [0, 0.05) is 5.75 Å². The molecule has 0 radical (unpaired) electrons. The molecule has 10 heavy (non-hydrogen) atoms. The molecule has 2 nitrogen and oxygen atoms in total. The number of nitrogens with zero attached hydrogens (tertiary/aromatic N) is 1. The Morgan fingerprint density at radius 2 is 2.50 bits per heavy atom. The fourth-order valence-electron chi connectivity index (χ4n) is 1.21. The first-order chi connectivity index (χ1) is 4.85. The van der Waals surface area contributed by atoms with Crippen molar-refractivity contribution in [3.05, 3.63) is 0 Å². The van der Waals surface area contributed by atoms with Crippen molar-refractivity contribution in [1.82, 2.24) is 0 Å². The van der Waals surface area contributed by atoms with E-state index in [9.17, 15) is 0 Å².